The molecule has 1 unspecified atom stereocenters. The van der Waals surface area contributed by atoms with Crippen molar-refractivity contribution in [2.24, 2.45) is 0 Å². The number of nitrogens with zero attached hydrogens (tertiary/aromatic N) is 2. The van der Waals surface area contributed by atoms with Gasteiger partial charge in [0, 0.05) is 20.1 Å². The van der Waals surface area contributed by atoms with Gasteiger partial charge in [-0.3, -0.25) is 19.4 Å². The zero-order valence-electron chi connectivity index (χ0n) is 8.85. The van der Waals surface area contributed by atoms with E-state index in [4.69, 9.17) is 0 Å². The number of aliphatic hydroxyl groups is 1. The van der Waals surface area contributed by atoms with Crippen molar-refractivity contribution in [3.05, 3.63) is 0 Å². The van der Waals surface area contributed by atoms with Crippen LogP contribution in [-0.2, 0) is 9.59 Å². The van der Waals surface area contributed by atoms with Gasteiger partial charge >= 0.3 is 0 Å². The van der Waals surface area contributed by atoms with Crippen molar-refractivity contribution >= 4 is 11.8 Å². The van der Waals surface area contributed by atoms with Gasteiger partial charge in [-0.2, -0.15) is 0 Å². The lowest BCUT2D eigenvalue weighted by atomic mass is 10.1. The molecule has 0 aromatic heterocycles. The van der Waals surface area contributed by atoms with E-state index in [1.54, 1.807) is 0 Å². The SMILES string of the molecule is CN1C(=O)CC(N2CCC(O)CC2)C1=O. The molecule has 2 fully saturated rings. The first kappa shape index (κ1) is 10.6. The number of amides is 2. The number of aliphatic hydroxyl groups excluding tert-OH is 1. The number of imide groups is 1. The van der Waals surface area contributed by atoms with Crippen LogP contribution in [0.25, 0.3) is 0 Å². The van der Waals surface area contributed by atoms with Gasteiger partial charge in [0.05, 0.1) is 18.6 Å². The molecule has 5 heteroatoms. The van der Waals surface area contributed by atoms with Gasteiger partial charge in [0.25, 0.3) is 0 Å². The van der Waals surface area contributed by atoms with Crippen molar-refractivity contribution < 1.29 is 14.7 Å². The molecule has 1 atom stereocenters. The van der Waals surface area contributed by atoms with E-state index < -0.39 is 0 Å². The van der Waals surface area contributed by atoms with Crippen molar-refractivity contribution in [2.45, 2.75) is 31.4 Å². The maximum atomic E-state index is 11.7. The van der Waals surface area contributed by atoms with Gasteiger partial charge in [0.2, 0.25) is 11.8 Å². The molecule has 2 aliphatic heterocycles. The molecular formula is C10H16N2O3. The molecule has 0 bridgehead atoms. The summed E-state index contributed by atoms with van der Waals surface area (Å²) in [7, 11) is 1.53. The third-order valence-electron chi connectivity index (χ3n) is 3.30. The number of likely N-dealkylation sites (N-methyl/N-ethyl adjacent to an activating group) is 1. The molecule has 2 saturated heterocycles. The molecule has 84 valence electrons. The molecule has 2 rings (SSSR count). The van der Waals surface area contributed by atoms with E-state index in [0.717, 1.165) is 0 Å². The Hall–Kier alpha value is -0.940. The largest absolute Gasteiger partial charge is 0.393 e. The third-order valence-corrected chi connectivity index (χ3v) is 3.30. The molecule has 1 N–H and O–H groups in total. The van der Waals surface area contributed by atoms with Crippen LogP contribution in [0.5, 0.6) is 0 Å². The summed E-state index contributed by atoms with van der Waals surface area (Å²) in [6, 6.07) is -0.282. The van der Waals surface area contributed by atoms with E-state index in [9.17, 15) is 14.7 Å². The Morgan fingerprint density at radius 1 is 1.27 bits per heavy atom. The lowest BCUT2D eigenvalue weighted by molar-refractivity contribution is -0.138. The Bertz CT molecular complexity index is 284. The zero-order valence-corrected chi connectivity index (χ0v) is 8.85. The molecule has 0 aromatic carbocycles. The fourth-order valence-electron chi connectivity index (χ4n) is 2.22. The summed E-state index contributed by atoms with van der Waals surface area (Å²) >= 11 is 0. The molecule has 0 aliphatic carbocycles. The minimum Gasteiger partial charge on any atom is -0.393 e. The van der Waals surface area contributed by atoms with Crippen LogP contribution in [0.2, 0.25) is 0 Å². The second-order valence-corrected chi connectivity index (χ2v) is 4.28. The smallest absolute Gasteiger partial charge is 0.246 e. The van der Waals surface area contributed by atoms with E-state index in [-0.39, 0.29) is 24.0 Å². The molecule has 2 aliphatic rings. The topological polar surface area (TPSA) is 60.9 Å². The average Bonchev–Trinajstić information content (AvgIpc) is 2.47. The van der Waals surface area contributed by atoms with E-state index >= 15 is 0 Å². The number of hydrogen-bond donors (Lipinski definition) is 1. The number of piperidine rings is 1. The highest BCUT2D eigenvalue weighted by Gasteiger charge is 2.40. The lowest BCUT2D eigenvalue weighted by Crippen LogP contribution is -2.46. The zero-order chi connectivity index (χ0) is 11.0. The van der Waals surface area contributed by atoms with Crippen molar-refractivity contribution in [1.82, 2.24) is 9.80 Å². The van der Waals surface area contributed by atoms with Gasteiger partial charge < -0.3 is 5.11 Å². The predicted octanol–water partition coefficient (Wildman–Crippen LogP) is -0.800. The minimum atomic E-state index is -0.282. The second-order valence-electron chi connectivity index (χ2n) is 4.28. The monoisotopic (exact) mass is 212 g/mol. The Morgan fingerprint density at radius 2 is 1.87 bits per heavy atom. The molecule has 0 spiro atoms. The minimum absolute atomic E-state index is 0.101. The molecule has 0 aromatic rings. The van der Waals surface area contributed by atoms with Gasteiger partial charge in [-0.15, -0.1) is 0 Å². The van der Waals surface area contributed by atoms with Crippen LogP contribution in [0.1, 0.15) is 19.3 Å². The van der Waals surface area contributed by atoms with Crippen molar-refractivity contribution in [3.63, 3.8) is 0 Å². The highest BCUT2D eigenvalue weighted by atomic mass is 16.3. The number of rotatable bonds is 1. The summed E-state index contributed by atoms with van der Waals surface area (Å²) in [5.74, 6) is -0.201. The third kappa shape index (κ3) is 1.89. The standard InChI is InChI=1S/C10H16N2O3/c1-11-9(14)6-8(10(11)15)12-4-2-7(13)3-5-12/h7-8,13H,2-6H2,1H3. The molecule has 5 nitrogen and oxygen atoms in total. The van der Waals surface area contributed by atoms with Gasteiger partial charge in [-0.05, 0) is 12.8 Å². The summed E-state index contributed by atoms with van der Waals surface area (Å²) in [5.41, 5.74) is 0. The van der Waals surface area contributed by atoms with E-state index in [2.05, 4.69) is 0 Å². The van der Waals surface area contributed by atoms with Crippen LogP contribution in [0.3, 0.4) is 0 Å². The highest BCUT2D eigenvalue weighted by Crippen LogP contribution is 2.21. The second kappa shape index (κ2) is 3.90. The average molecular weight is 212 g/mol. The summed E-state index contributed by atoms with van der Waals surface area (Å²) in [4.78, 5) is 26.2. The number of carbonyl (C=O) groups excluding carboxylic acids is 2. The molecule has 2 heterocycles. The van der Waals surface area contributed by atoms with Crippen molar-refractivity contribution in [2.75, 3.05) is 20.1 Å². The molecular weight excluding hydrogens is 196 g/mol. The van der Waals surface area contributed by atoms with Gasteiger partial charge in [0.1, 0.15) is 0 Å². The highest BCUT2D eigenvalue weighted by molar-refractivity contribution is 6.05. The Kier molecular flexibility index (Phi) is 2.75. The maximum Gasteiger partial charge on any atom is 0.246 e. The van der Waals surface area contributed by atoms with Crippen molar-refractivity contribution in [3.8, 4) is 0 Å². The molecule has 0 radical (unpaired) electrons. The van der Waals surface area contributed by atoms with Gasteiger partial charge in [-0.25, -0.2) is 0 Å². The first-order valence-corrected chi connectivity index (χ1v) is 5.32. The van der Waals surface area contributed by atoms with Crippen LogP contribution >= 0.6 is 0 Å². The number of likely N-dealkylation sites (tertiary alicyclic amines) is 2. The summed E-state index contributed by atoms with van der Waals surface area (Å²) in [5, 5.41) is 9.35. The van der Waals surface area contributed by atoms with Crippen LogP contribution in [0, 0.1) is 0 Å². The summed E-state index contributed by atoms with van der Waals surface area (Å²) in [6.07, 6.45) is 1.45. The maximum absolute atomic E-state index is 11.7. The first-order chi connectivity index (χ1) is 7.09. The number of carbonyl (C=O) groups is 2. The summed E-state index contributed by atoms with van der Waals surface area (Å²) < 4.78 is 0. The first-order valence-electron chi connectivity index (χ1n) is 5.32. The molecule has 2 amide bonds. The Labute approximate surface area is 88.6 Å². The van der Waals surface area contributed by atoms with Gasteiger partial charge in [-0.1, -0.05) is 0 Å². The Balaban J connectivity index is 2.00. The van der Waals surface area contributed by atoms with E-state index in [1.807, 2.05) is 4.90 Å². The van der Waals surface area contributed by atoms with Crippen LogP contribution in [0.4, 0.5) is 0 Å². The number of hydrogen-bond acceptors (Lipinski definition) is 4. The van der Waals surface area contributed by atoms with Gasteiger partial charge in [0.15, 0.2) is 0 Å². The van der Waals surface area contributed by atoms with Crippen LogP contribution in [-0.4, -0.2) is 59.0 Å². The summed E-state index contributed by atoms with van der Waals surface area (Å²) in [6.45, 7) is 1.41. The molecule has 15 heavy (non-hydrogen) atoms. The Morgan fingerprint density at radius 3 is 2.33 bits per heavy atom. The quantitative estimate of drug-likeness (QED) is 0.578. The predicted molar refractivity (Wildman–Crippen MR) is 53.0 cm³/mol. The fourth-order valence-corrected chi connectivity index (χ4v) is 2.22. The van der Waals surface area contributed by atoms with Crippen LogP contribution < -0.4 is 0 Å². The molecule has 0 saturated carbocycles. The van der Waals surface area contributed by atoms with E-state index in [0.29, 0.717) is 32.4 Å². The van der Waals surface area contributed by atoms with Crippen molar-refractivity contribution in [1.29, 1.82) is 0 Å². The van der Waals surface area contributed by atoms with E-state index in [1.165, 1.54) is 11.9 Å². The normalized spacial score (nSPS) is 30.3. The lowest BCUT2D eigenvalue weighted by Gasteiger charge is -2.32. The fraction of sp³-hybridized carbons (Fsp3) is 0.800. The van der Waals surface area contributed by atoms with Crippen LogP contribution in [0.15, 0.2) is 0 Å².